The maximum Gasteiger partial charge on any atom is 0.249 e. The molecule has 1 aliphatic rings. The van der Waals surface area contributed by atoms with E-state index < -0.39 is 24.2 Å². The number of primary amides is 1. The number of epoxide rings is 1. The normalized spacial score (nSPS) is 26.5. The van der Waals surface area contributed by atoms with Crippen molar-refractivity contribution in [1.82, 2.24) is 0 Å². The molecule has 15 heavy (non-hydrogen) atoms. The number of amides is 1. The fourth-order valence-electron chi connectivity index (χ4n) is 1.39. The van der Waals surface area contributed by atoms with Crippen molar-refractivity contribution >= 4 is 5.91 Å². The van der Waals surface area contributed by atoms with Crippen LogP contribution in [-0.2, 0) is 9.53 Å². The standard InChI is InChI=1S/C11H17NO3/c1-2-3-4-5-6-7-8(13)9-10(15-9)11(12)14/h2,4-5,8-10,13H,1,3,6-7H2,(H2,12,14)/b5-4+/t8-,9-,10-/m1/s1. The Morgan fingerprint density at radius 1 is 1.60 bits per heavy atom. The van der Waals surface area contributed by atoms with Crippen LogP contribution in [0.2, 0.25) is 0 Å². The van der Waals surface area contributed by atoms with Crippen LogP contribution in [-0.4, -0.2) is 29.3 Å². The Labute approximate surface area is 89.4 Å². The van der Waals surface area contributed by atoms with Gasteiger partial charge in [0.2, 0.25) is 5.91 Å². The zero-order valence-electron chi connectivity index (χ0n) is 8.63. The predicted molar refractivity (Wildman–Crippen MR) is 57.1 cm³/mol. The summed E-state index contributed by atoms with van der Waals surface area (Å²) in [6.07, 6.45) is 6.37. The van der Waals surface area contributed by atoms with E-state index in [2.05, 4.69) is 6.58 Å². The SMILES string of the molecule is C=CC/C=C/CC[C@@H](O)[C@H]1O[C@H]1C(N)=O. The third kappa shape index (κ3) is 3.85. The number of allylic oxidation sites excluding steroid dienone is 3. The van der Waals surface area contributed by atoms with Gasteiger partial charge in [-0.2, -0.15) is 0 Å². The number of aliphatic hydroxyl groups is 1. The van der Waals surface area contributed by atoms with Gasteiger partial charge in [0.25, 0.3) is 0 Å². The summed E-state index contributed by atoms with van der Waals surface area (Å²) < 4.78 is 4.95. The number of nitrogens with two attached hydrogens (primary N) is 1. The van der Waals surface area contributed by atoms with Gasteiger partial charge in [-0.25, -0.2) is 0 Å². The molecule has 3 atom stereocenters. The first-order valence-corrected chi connectivity index (χ1v) is 5.05. The summed E-state index contributed by atoms with van der Waals surface area (Å²) in [6.45, 7) is 3.59. The first kappa shape index (κ1) is 11.9. The molecular formula is C11H17NO3. The molecule has 1 heterocycles. The van der Waals surface area contributed by atoms with Gasteiger partial charge in [-0.05, 0) is 19.3 Å². The molecule has 1 saturated heterocycles. The molecule has 1 amide bonds. The summed E-state index contributed by atoms with van der Waals surface area (Å²) >= 11 is 0. The number of carbonyl (C=O) groups is 1. The molecule has 0 aliphatic carbocycles. The number of rotatable bonds is 7. The molecule has 0 aromatic heterocycles. The minimum atomic E-state index is -0.601. The smallest absolute Gasteiger partial charge is 0.249 e. The molecule has 0 aromatic rings. The maximum atomic E-state index is 10.7. The van der Waals surface area contributed by atoms with Gasteiger partial charge in [-0.1, -0.05) is 18.2 Å². The minimum Gasteiger partial charge on any atom is -0.390 e. The second kappa shape index (κ2) is 5.68. The molecule has 0 aromatic carbocycles. The molecule has 1 aliphatic heterocycles. The molecule has 4 heteroatoms. The average molecular weight is 211 g/mol. The lowest BCUT2D eigenvalue weighted by Gasteiger charge is -2.03. The predicted octanol–water partition coefficient (Wildman–Crippen LogP) is 0.512. The Morgan fingerprint density at radius 3 is 2.87 bits per heavy atom. The van der Waals surface area contributed by atoms with Crippen LogP contribution in [0.1, 0.15) is 19.3 Å². The van der Waals surface area contributed by atoms with Crippen LogP contribution in [0.3, 0.4) is 0 Å². The van der Waals surface area contributed by atoms with Gasteiger partial charge in [0.1, 0.15) is 6.10 Å². The highest BCUT2D eigenvalue weighted by Crippen LogP contribution is 2.27. The van der Waals surface area contributed by atoms with E-state index in [1.165, 1.54) is 0 Å². The van der Waals surface area contributed by atoms with Crippen LogP contribution in [0.25, 0.3) is 0 Å². The molecule has 0 bridgehead atoms. The molecule has 0 radical (unpaired) electrons. The molecule has 4 nitrogen and oxygen atoms in total. The van der Waals surface area contributed by atoms with Gasteiger partial charge in [0.05, 0.1) is 6.10 Å². The molecule has 1 fully saturated rings. The topological polar surface area (TPSA) is 75.8 Å². The highest BCUT2D eigenvalue weighted by molar-refractivity contribution is 5.81. The Hall–Kier alpha value is -1.13. The van der Waals surface area contributed by atoms with E-state index in [0.29, 0.717) is 6.42 Å². The monoisotopic (exact) mass is 211 g/mol. The summed E-state index contributed by atoms with van der Waals surface area (Å²) in [4.78, 5) is 10.7. The van der Waals surface area contributed by atoms with Crippen LogP contribution in [0, 0.1) is 0 Å². The first-order valence-electron chi connectivity index (χ1n) is 5.05. The second-order valence-corrected chi connectivity index (χ2v) is 3.56. The minimum absolute atomic E-state index is 0.393. The van der Waals surface area contributed by atoms with Gasteiger partial charge < -0.3 is 15.6 Å². The van der Waals surface area contributed by atoms with Crippen molar-refractivity contribution in [3.63, 3.8) is 0 Å². The average Bonchev–Trinajstić information content (AvgIpc) is 2.96. The molecule has 0 unspecified atom stereocenters. The van der Waals surface area contributed by atoms with E-state index in [1.54, 1.807) is 6.08 Å². The quantitative estimate of drug-likeness (QED) is 0.476. The van der Waals surface area contributed by atoms with Gasteiger partial charge in [0, 0.05) is 0 Å². The summed E-state index contributed by atoms with van der Waals surface area (Å²) in [5.74, 6) is -0.499. The third-order valence-corrected chi connectivity index (χ3v) is 2.28. The van der Waals surface area contributed by atoms with Crippen LogP contribution < -0.4 is 5.73 Å². The first-order chi connectivity index (χ1) is 7.16. The number of hydrogen-bond donors (Lipinski definition) is 2. The van der Waals surface area contributed by atoms with Crippen LogP contribution in [0.5, 0.6) is 0 Å². The lowest BCUT2D eigenvalue weighted by Crippen LogP contribution is -2.25. The van der Waals surface area contributed by atoms with Crippen molar-refractivity contribution < 1.29 is 14.6 Å². The second-order valence-electron chi connectivity index (χ2n) is 3.56. The van der Waals surface area contributed by atoms with E-state index in [0.717, 1.165) is 12.8 Å². The van der Waals surface area contributed by atoms with Gasteiger partial charge in [-0.15, -0.1) is 6.58 Å². The lowest BCUT2D eigenvalue weighted by atomic mass is 10.1. The van der Waals surface area contributed by atoms with Crippen molar-refractivity contribution in [1.29, 1.82) is 0 Å². The van der Waals surface area contributed by atoms with Crippen LogP contribution in [0.4, 0.5) is 0 Å². The molecule has 0 spiro atoms. The molecule has 3 N–H and O–H groups in total. The summed E-state index contributed by atoms with van der Waals surface area (Å²) in [6, 6.07) is 0. The van der Waals surface area contributed by atoms with Crippen molar-refractivity contribution in [2.75, 3.05) is 0 Å². The lowest BCUT2D eigenvalue weighted by molar-refractivity contribution is -0.119. The van der Waals surface area contributed by atoms with Crippen molar-refractivity contribution in [2.24, 2.45) is 5.73 Å². The zero-order chi connectivity index (χ0) is 11.3. The summed E-state index contributed by atoms with van der Waals surface area (Å²) in [5, 5.41) is 9.58. The van der Waals surface area contributed by atoms with E-state index in [4.69, 9.17) is 10.5 Å². The van der Waals surface area contributed by atoms with Crippen molar-refractivity contribution in [3.05, 3.63) is 24.8 Å². The van der Waals surface area contributed by atoms with Gasteiger partial charge in [0.15, 0.2) is 6.10 Å². The molecular weight excluding hydrogens is 194 g/mol. The number of carbonyl (C=O) groups excluding carboxylic acids is 1. The van der Waals surface area contributed by atoms with E-state index in [-0.39, 0.29) is 0 Å². The number of aliphatic hydroxyl groups excluding tert-OH is 1. The highest BCUT2D eigenvalue weighted by atomic mass is 16.6. The zero-order valence-corrected chi connectivity index (χ0v) is 8.63. The van der Waals surface area contributed by atoms with Crippen molar-refractivity contribution in [3.8, 4) is 0 Å². The largest absolute Gasteiger partial charge is 0.390 e. The van der Waals surface area contributed by atoms with Gasteiger partial charge in [-0.3, -0.25) is 4.79 Å². The van der Waals surface area contributed by atoms with E-state index in [1.807, 2.05) is 12.2 Å². The highest BCUT2D eigenvalue weighted by Gasteiger charge is 2.47. The Kier molecular flexibility index (Phi) is 4.52. The maximum absolute atomic E-state index is 10.7. The summed E-state index contributed by atoms with van der Waals surface area (Å²) in [7, 11) is 0. The Balaban J connectivity index is 2.12. The summed E-state index contributed by atoms with van der Waals surface area (Å²) in [5.41, 5.74) is 5.02. The molecule has 1 rings (SSSR count). The van der Waals surface area contributed by atoms with E-state index >= 15 is 0 Å². The Morgan fingerprint density at radius 2 is 2.33 bits per heavy atom. The fourth-order valence-corrected chi connectivity index (χ4v) is 1.39. The van der Waals surface area contributed by atoms with E-state index in [9.17, 15) is 9.90 Å². The Bertz CT molecular complexity index is 263. The van der Waals surface area contributed by atoms with Crippen molar-refractivity contribution in [2.45, 2.75) is 37.6 Å². The van der Waals surface area contributed by atoms with Gasteiger partial charge >= 0.3 is 0 Å². The third-order valence-electron chi connectivity index (χ3n) is 2.28. The number of ether oxygens (including phenoxy) is 1. The fraction of sp³-hybridized carbons (Fsp3) is 0.545. The number of hydrogen-bond acceptors (Lipinski definition) is 3. The van der Waals surface area contributed by atoms with Crippen LogP contribution in [0.15, 0.2) is 24.8 Å². The molecule has 0 saturated carbocycles. The molecule has 84 valence electrons. The van der Waals surface area contributed by atoms with Crippen LogP contribution >= 0.6 is 0 Å².